The van der Waals surface area contributed by atoms with Gasteiger partial charge in [-0.2, -0.15) is 0 Å². The molecule has 0 aliphatic rings. The summed E-state index contributed by atoms with van der Waals surface area (Å²) in [5.74, 6) is -3.53. The third-order valence-electron chi connectivity index (χ3n) is 2.36. The van der Waals surface area contributed by atoms with Gasteiger partial charge < -0.3 is 4.98 Å². The van der Waals surface area contributed by atoms with Crippen LogP contribution in [0.1, 0.15) is 20.8 Å². The highest BCUT2D eigenvalue weighted by Crippen LogP contribution is 2.10. The van der Waals surface area contributed by atoms with Crippen LogP contribution in [0.5, 0.6) is 0 Å². The zero-order valence-corrected chi connectivity index (χ0v) is 11.4. The molecule has 3 N–H and O–H groups in total. The standard InChI is InChI=1S/C12H8BrF2N3O2/c13-7-4-10(16-5-7)12(20)18-17-11(19)6-1-2-8(14)9(15)3-6/h1-5,16H,(H,17,19)(H,18,20). The summed E-state index contributed by atoms with van der Waals surface area (Å²) < 4.78 is 26.3. The molecular weight excluding hydrogens is 336 g/mol. The van der Waals surface area contributed by atoms with Crippen LogP contribution in [0.3, 0.4) is 0 Å². The molecule has 2 aromatic rings. The summed E-state index contributed by atoms with van der Waals surface area (Å²) in [5, 5.41) is 0. The fourth-order valence-corrected chi connectivity index (χ4v) is 1.73. The largest absolute Gasteiger partial charge is 0.356 e. The van der Waals surface area contributed by atoms with Crippen molar-refractivity contribution >= 4 is 27.7 Å². The number of hydrogen-bond acceptors (Lipinski definition) is 2. The zero-order valence-electron chi connectivity index (χ0n) is 9.84. The molecule has 0 fully saturated rings. The molecule has 0 bridgehead atoms. The highest BCUT2D eigenvalue weighted by molar-refractivity contribution is 9.10. The molecule has 0 aliphatic carbocycles. The van der Waals surface area contributed by atoms with E-state index in [1.54, 1.807) is 6.20 Å². The Morgan fingerprint density at radius 2 is 1.75 bits per heavy atom. The Labute approximate surface area is 120 Å². The third-order valence-corrected chi connectivity index (χ3v) is 2.82. The number of rotatable bonds is 2. The Hall–Kier alpha value is -2.22. The number of hydrazine groups is 1. The summed E-state index contributed by atoms with van der Waals surface area (Å²) in [5.41, 5.74) is 4.34. The van der Waals surface area contributed by atoms with Gasteiger partial charge in [-0.3, -0.25) is 20.4 Å². The number of aromatic nitrogens is 1. The second kappa shape index (κ2) is 5.83. The van der Waals surface area contributed by atoms with Crippen LogP contribution in [0, 0.1) is 11.6 Å². The number of H-pyrrole nitrogens is 1. The van der Waals surface area contributed by atoms with Crippen LogP contribution >= 0.6 is 15.9 Å². The van der Waals surface area contributed by atoms with E-state index in [0.717, 1.165) is 18.2 Å². The fraction of sp³-hybridized carbons (Fsp3) is 0. The van der Waals surface area contributed by atoms with E-state index in [9.17, 15) is 18.4 Å². The van der Waals surface area contributed by atoms with Crippen LogP contribution in [0.15, 0.2) is 34.9 Å². The van der Waals surface area contributed by atoms with Gasteiger partial charge in [-0.25, -0.2) is 8.78 Å². The van der Waals surface area contributed by atoms with Crippen LogP contribution in [0.4, 0.5) is 8.78 Å². The van der Waals surface area contributed by atoms with E-state index in [1.165, 1.54) is 6.07 Å². The van der Waals surface area contributed by atoms with E-state index in [-0.39, 0.29) is 11.3 Å². The number of hydrogen-bond donors (Lipinski definition) is 3. The van der Waals surface area contributed by atoms with Crippen LogP contribution in [-0.2, 0) is 0 Å². The lowest BCUT2D eigenvalue weighted by molar-refractivity contribution is 0.0844. The predicted molar refractivity (Wildman–Crippen MR) is 69.8 cm³/mol. The molecule has 1 aromatic carbocycles. The van der Waals surface area contributed by atoms with Gasteiger partial charge >= 0.3 is 0 Å². The van der Waals surface area contributed by atoms with Gasteiger partial charge in [0.05, 0.1) is 0 Å². The van der Waals surface area contributed by atoms with E-state index in [4.69, 9.17) is 0 Å². The zero-order chi connectivity index (χ0) is 14.7. The molecule has 0 aliphatic heterocycles. The van der Waals surface area contributed by atoms with E-state index >= 15 is 0 Å². The number of carbonyl (C=O) groups is 2. The summed E-state index contributed by atoms with van der Waals surface area (Å²) in [6.45, 7) is 0. The quantitative estimate of drug-likeness (QED) is 0.731. The fourth-order valence-electron chi connectivity index (χ4n) is 1.39. The van der Waals surface area contributed by atoms with Gasteiger partial charge in [0.15, 0.2) is 11.6 Å². The molecule has 5 nitrogen and oxygen atoms in total. The van der Waals surface area contributed by atoms with Crippen molar-refractivity contribution in [1.29, 1.82) is 0 Å². The molecular formula is C12H8BrF2N3O2. The summed E-state index contributed by atoms with van der Waals surface area (Å²) >= 11 is 3.16. The Bertz CT molecular complexity index is 672. The molecule has 0 unspecified atom stereocenters. The maximum absolute atomic E-state index is 13.0. The number of aromatic amines is 1. The number of halogens is 3. The van der Waals surface area contributed by atoms with E-state index < -0.39 is 23.4 Å². The summed E-state index contributed by atoms with van der Waals surface area (Å²) in [4.78, 5) is 25.9. The van der Waals surface area contributed by atoms with Crippen molar-refractivity contribution in [3.05, 3.63) is 57.8 Å². The number of amides is 2. The van der Waals surface area contributed by atoms with Crippen molar-refractivity contribution in [2.45, 2.75) is 0 Å². The van der Waals surface area contributed by atoms with Crippen molar-refractivity contribution in [3.8, 4) is 0 Å². The van der Waals surface area contributed by atoms with Crippen molar-refractivity contribution in [2.75, 3.05) is 0 Å². The topological polar surface area (TPSA) is 74.0 Å². The molecule has 0 atom stereocenters. The van der Waals surface area contributed by atoms with Crippen LogP contribution in [0.2, 0.25) is 0 Å². The second-order valence-electron chi connectivity index (χ2n) is 3.77. The molecule has 1 heterocycles. The molecule has 0 saturated carbocycles. The van der Waals surface area contributed by atoms with Gasteiger partial charge in [0.1, 0.15) is 5.69 Å². The summed E-state index contributed by atoms with van der Waals surface area (Å²) in [6.07, 6.45) is 1.55. The van der Waals surface area contributed by atoms with Crippen molar-refractivity contribution in [3.63, 3.8) is 0 Å². The van der Waals surface area contributed by atoms with Crippen molar-refractivity contribution < 1.29 is 18.4 Å². The van der Waals surface area contributed by atoms with Crippen LogP contribution in [-0.4, -0.2) is 16.8 Å². The average Bonchev–Trinajstić information content (AvgIpc) is 2.85. The minimum atomic E-state index is -1.14. The van der Waals surface area contributed by atoms with E-state index in [1.807, 2.05) is 0 Å². The van der Waals surface area contributed by atoms with E-state index in [2.05, 4.69) is 31.8 Å². The molecule has 0 saturated heterocycles. The summed E-state index contributed by atoms with van der Waals surface area (Å²) in [6, 6.07) is 4.18. The first-order valence-electron chi connectivity index (χ1n) is 5.37. The molecule has 2 rings (SSSR count). The number of nitrogens with one attached hydrogen (secondary N) is 3. The first-order chi connectivity index (χ1) is 9.47. The Kier molecular flexibility index (Phi) is 4.14. The minimum Gasteiger partial charge on any atom is -0.356 e. The third kappa shape index (κ3) is 3.21. The lowest BCUT2D eigenvalue weighted by Gasteiger charge is -2.06. The van der Waals surface area contributed by atoms with Gasteiger partial charge in [-0.05, 0) is 40.2 Å². The SMILES string of the molecule is O=C(NNC(=O)c1cc(Br)c[nH]1)c1ccc(F)c(F)c1. The minimum absolute atomic E-state index is 0.114. The highest BCUT2D eigenvalue weighted by Gasteiger charge is 2.12. The van der Waals surface area contributed by atoms with Gasteiger partial charge in [0.25, 0.3) is 11.8 Å². The molecule has 8 heteroatoms. The molecule has 0 radical (unpaired) electrons. The van der Waals surface area contributed by atoms with Crippen LogP contribution in [0.25, 0.3) is 0 Å². The Balaban J connectivity index is 1.98. The molecule has 1 aromatic heterocycles. The maximum Gasteiger partial charge on any atom is 0.286 e. The van der Waals surface area contributed by atoms with Gasteiger partial charge in [-0.1, -0.05) is 0 Å². The lowest BCUT2D eigenvalue weighted by atomic mass is 10.2. The molecule has 0 spiro atoms. The second-order valence-corrected chi connectivity index (χ2v) is 4.68. The normalized spacial score (nSPS) is 10.2. The highest BCUT2D eigenvalue weighted by atomic mass is 79.9. The van der Waals surface area contributed by atoms with Gasteiger partial charge in [-0.15, -0.1) is 0 Å². The molecule has 2 amide bonds. The number of carbonyl (C=O) groups excluding carboxylic acids is 2. The maximum atomic E-state index is 13.0. The van der Waals surface area contributed by atoms with Gasteiger partial charge in [0.2, 0.25) is 0 Å². The Morgan fingerprint density at radius 3 is 2.35 bits per heavy atom. The average molecular weight is 344 g/mol. The van der Waals surface area contributed by atoms with E-state index in [0.29, 0.717) is 4.47 Å². The van der Waals surface area contributed by atoms with Crippen molar-refractivity contribution in [2.24, 2.45) is 0 Å². The summed E-state index contributed by atoms with van der Waals surface area (Å²) in [7, 11) is 0. The molecule has 104 valence electrons. The number of benzene rings is 1. The van der Waals surface area contributed by atoms with Gasteiger partial charge in [0, 0.05) is 16.2 Å². The monoisotopic (exact) mass is 343 g/mol. The smallest absolute Gasteiger partial charge is 0.286 e. The predicted octanol–water partition coefficient (Wildman–Crippen LogP) is 2.13. The molecule has 20 heavy (non-hydrogen) atoms. The first-order valence-corrected chi connectivity index (χ1v) is 6.16. The first kappa shape index (κ1) is 14.2. The lowest BCUT2D eigenvalue weighted by Crippen LogP contribution is -2.41. The van der Waals surface area contributed by atoms with Crippen LogP contribution < -0.4 is 10.9 Å². The Morgan fingerprint density at radius 1 is 1.05 bits per heavy atom. The van der Waals surface area contributed by atoms with Crippen molar-refractivity contribution in [1.82, 2.24) is 15.8 Å².